The molecule has 2 nitrogen and oxygen atoms in total. The second-order valence-electron chi connectivity index (χ2n) is 6.20. The SMILES string of the molecule is COc1ccc(Cc2ccc(C(C)(C)C)cc2)cc1N. The standard InChI is InChI=1S/C18H23NO/c1-18(2,3)15-8-5-13(6-9-15)11-14-7-10-17(20-4)16(19)12-14/h5-10,12H,11,19H2,1-4H3. The number of anilines is 1. The normalized spacial score (nSPS) is 11.4. The maximum atomic E-state index is 5.94. The number of hydrogen-bond donors (Lipinski definition) is 1. The molecule has 0 radical (unpaired) electrons. The Morgan fingerprint density at radius 3 is 2.05 bits per heavy atom. The molecule has 0 aliphatic heterocycles. The Morgan fingerprint density at radius 2 is 1.55 bits per heavy atom. The number of rotatable bonds is 3. The molecule has 0 unspecified atom stereocenters. The fourth-order valence-electron chi connectivity index (χ4n) is 2.25. The minimum absolute atomic E-state index is 0.197. The molecule has 0 heterocycles. The summed E-state index contributed by atoms with van der Waals surface area (Å²) in [6.45, 7) is 6.69. The van der Waals surface area contributed by atoms with E-state index in [0.717, 1.165) is 12.2 Å². The van der Waals surface area contributed by atoms with Crippen LogP contribution in [0.4, 0.5) is 5.69 Å². The van der Waals surface area contributed by atoms with Gasteiger partial charge < -0.3 is 10.5 Å². The highest BCUT2D eigenvalue weighted by molar-refractivity contribution is 5.54. The van der Waals surface area contributed by atoms with Gasteiger partial charge in [-0.25, -0.2) is 0 Å². The van der Waals surface area contributed by atoms with Crippen LogP contribution < -0.4 is 10.5 Å². The largest absolute Gasteiger partial charge is 0.495 e. The van der Waals surface area contributed by atoms with Crippen molar-refractivity contribution in [3.8, 4) is 5.75 Å². The second kappa shape index (κ2) is 5.58. The third kappa shape index (κ3) is 3.32. The van der Waals surface area contributed by atoms with Crippen molar-refractivity contribution in [3.63, 3.8) is 0 Å². The fourth-order valence-corrected chi connectivity index (χ4v) is 2.25. The van der Waals surface area contributed by atoms with Crippen LogP contribution in [-0.2, 0) is 11.8 Å². The number of nitrogens with two attached hydrogens (primary N) is 1. The summed E-state index contributed by atoms with van der Waals surface area (Å²) in [6, 6.07) is 14.8. The van der Waals surface area contributed by atoms with Crippen LogP contribution in [0.2, 0.25) is 0 Å². The molecule has 0 aliphatic rings. The molecule has 2 aromatic carbocycles. The summed E-state index contributed by atoms with van der Waals surface area (Å²) in [6.07, 6.45) is 0.888. The quantitative estimate of drug-likeness (QED) is 0.849. The lowest BCUT2D eigenvalue weighted by Gasteiger charge is -2.19. The molecule has 0 aromatic heterocycles. The van der Waals surface area contributed by atoms with Gasteiger partial charge in [0.1, 0.15) is 5.75 Å². The lowest BCUT2D eigenvalue weighted by Crippen LogP contribution is -2.10. The highest BCUT2D eigenvalue weighted by Crippen LogP contribution is 2.25. The zero-order valence-corrected chi connectivity index (χ0v) is 12.7. The van der Waals surface area contributed by atoms with Crippen molar-refractivity contribution < 1.29 is 4.74 Å². The summed E-state index contributed by atoms with van der Waals surface area (Å²) < 4.78 is 5.18. The minimum Gasteiger partial charge on any atom is -0.495 e. The molecule has 0 amide bonds. The van der Waals surface area contributed by atoms with Crippen LogP contribution in [0.25, 0.3) is 0 Å². The summed E-state index contributed by atoms with van der Waals surface area (Å²) in [4.78, 5) is 0. The van der Waals surface area contributed by atoms with E-state index in [4.69, 9.17) is 10.5 Å². The van der Waals surface area contributed by atoms with E-state index in [0.29, 0.717) is 5.69 Å². The molecule has 0 aliphatic carbocycles. The van der Waals surface area contributed by atoms with Gasteiger partial charge in [-0.15, -0.1) is 0 Å². The lowest BCUT2D eigenvalue weighted by molar-refractivity contribution is 0.417. The molecular formula is C18H23NO. The third-order valence-corrected chi connectivity index (χ3v) is 3.52. The number of hydrogen-bond acceptors (Lipinski definition) is 2. The van der Waals surface area contributed by atoms with Gasteiger partial charge >= 0.3 is 0 Å². The summed E-state index contributed by atoms with van der Waals surface area (Å²) in [7, 11) is 1.64. The third-order valence-electron chi connectivity index (χ3n) is 3.52. The maximum absolute atomic E-state index is 5.94. The van der Waals surface area contributed by atoms with E-state index < -0.39 is 0 Å². The summed E-state index contributed by atoms with van der Waals surface area (Å²) in [5, 5.41) is 0. The highest BCUT2D eigenvalue weighted by atomic mass is 16.5. The molecule has 0 spiro atoms. The molecule has 20 heavy (non-hydrogen) atoms. The summed E-state index contributed by atoms with van der Waals surface area (Å²) in [5.41, 5.74) is 10.7. The fraction of sp³-hybridized carbons (Fsp3) is 0.333. The van der Waals surface area contributed by atoms with Gasteiger partial charge in [-0.05, 0) is 40.7 Å². The van der Waals surface area contributed by atoms with Crippen molar-refractivity contribution in [2.24, 2.45) is 0 Å². The molecule has 0 fully saturated rings. The van der Waals surface area contributed by atoms with Crippen molar-refractivity contribution in [3.05, 3.63) is 59.2 Å². The van der Waals surface area contributed by atoms with Crippen molar-refractivity contribution >= 4 is 5.69 Å². The van der Waals surface area contributed by atoms with E-state index >= 15 is 0 Å². The van der Waals surface area contributed by atoms with Crippen molar-refractivity contribution in [2.45, 2.75) is 32.6 Å². The smallest absolute Gasteiger partial charge is 0.141 e. The molecule has 2 heteroatoms. The maximum Gasteiger partial charge on any atom is 0.141 e. The topological polar surface area (TPSA) is 35.2 Å². The predicted octanol–water partition coefficient (Wildman–Crippen LogP) is 4.17. The van der Waals surface area contributed by atoms with Crippen molar-refractivity contribution in [1.82, 2.24) is 0 Å². The van der Waals surface area contributed by atoms with Gasteiger partial charge in [0.2, 0.25) is 0 Å². The average Bonchev–Trinajstić information content (AvgIpc) is 2.38. The van der Waals surface area contributed by atoms with E-state index in [1.54, 1.807) is 7.11 Å². The number of nitrogen functional groups attached to an aromatic ring is 1. The molecule has 0 bridgehead atoms. The molecule has 0 saturated heterocycles. The van der Waals surface area contributed by atoms with Crippen LogP contribution in [0, 0.1) is 0 Å². The van der Waals surface area contributed by atoms with Gasteiger partial charge in [-0.1, -0.05) is 51.1 Å². The summed E-state index contributed by atoms with van der Waals surface area (Å²) in [5.74, 6) is 0.733. The average molecular weight is 269 g/mol. The molecule has 0 atom stereocenters. The first kappa shape index (κ1) is 14.4. The Hall–Kier alpha value is -1.96. The van der Waals surface area contributed by atoms with Crippen molar-refractivity contribution in [1.29, 1.82) is 0 Å². The minimum atomic E-state index is 0.197. The monoisotopic (exact) mass is 269 g/mol. The van der Waals surface area contributed by atoms with E-state index in [1.807, 2.05) is 12.1 Å². The van der Waals surface area contributed by atoms with E-state index in [9.17, 15) is 0 Å². The van der Waals surface area contributed by atoms with Gasteiger partial charge in [0, 0.05) is 0 Å². The van der Waals surface area contributed by atoms with Gasteiger partial charge in [0.15, 0.2) is 0 Å². The Balaban J connectivity index is 2.16. The van der Waals surface area contributed by atoms with Crippen LogP contribution in [-0.4, -0.2) is 7.11 Å². The first-order chi connectivity index (χ1) is 9.40. The zero-order valence-electron chi connectivity index (χ0n) is 12.7. The molecule has 106 valence electrons. The Bertz CT molecular complexity index is 579. The van der Waals surface area contributed by atoms with Crippen LogP contribution in [0.3, 0.4) is 0 Å². The van der Waals surface area contributed by atoms with Gasteiger partial charge in [0.25, 0.3) is 0 Å². The molecule has 2 rings (SSSR count). The molecule has 0 saturated carbocycles. The first-order valence-electron chi connectivity index (χ1n) is 6.92. The van der Waals surface area contributed by atoms with Crippen molar-refractivity contribution in [2.75, 3.05) is 12.8 Å². The lowest BCUT2D eigenvalue weighted by atomic mass is 9.86. The van der Waals surface area contributed by atoms with Crippen LogP contribution in [0.5, 0.6) is 5.75 Å². The number of ether oxygens (including phenoxy) is 1. The van der Waals surface area contributed by atoms with Gasteiger partial charge in [0.05, 0.1) is 12.8 Å². The molecule has 2 N–H and O–H groups in total. The Kier molecular flexibility index (Phi) is 4.03. The van der Waals surface area contributed by atoms with Crippen LogP contribution >= 0.6 is 0 Å². The van der Waals surface area contributed by atoms with E-state index in [2.05, 4.69) is 51.1 Å². The van der Waals surface area contributed by atoms with Gasteiger partial charge in [-0.2, -0.15) is 0 Å². The number of methoxy groups -OCH3 is 1. The Labute approximate surface area is 121 Å². The molecular weight excluding hydrogens is 246 g/mol. The van der Waals surface area contributed by atoms with Crippen LogP contribution in [0.1, 0.15) is 37.5 Å². The predicted molar refractivity (Wildman–Crippen MR) is 85.4 cm³/mol. The van der Waals surface area contributed by atoms with E-state index in [-0.39, 0.29) is 5.41 Å². The van der Waals surface area contributed by atoms with Crippen LogP contribution in [0.15, 0.2) is 42.5 Å². The molecule has 2 aromatic rings. The van der Waals surface area contributed by atoms with Gasteiger partial charge in [-0.3, -0.25) is 0 Å². The summed E-state index contributed by atoms with van der Waals surface area (Å²) >= 11 is 0. The Morgan fingerprint density at radius 1 is 0.950 bits per heavy atom. The first-order valence-corrected chi connectivity index (χ1v) is 6.92. The van der Waals surface area contributed by atoms with E-state index in [1.165, 1.54) is 16.7 Å². The zero-order chi connectivity index (χ0) is 14.8. The second-order valence-corrected chi connectivity index (χ2v) is 6.20. The highest BCUT2D eigenvalue weighted by Gasteiger charge is 2.12. The number of benzene rings is 2.